The molecule has 2 nitrogen and oxygen atoms in total. The largest absolute Gasteiger partial charge is 0.494 e. The van der Waals surface area contributed by atoms with Crippen LogP contribution in [0.3, 0.4) is 0 Å². The van der Waals surface area contributed by atoms with Gasteiger partial charge in [-0.25, -0.2) is 4.39 Å². The summed E-state index contributed by atoms with van der Waals surface area (Å²) < 4.78 is 18.6. The first kappa shape index (κ1) is 11.0. The maximum Gasteiger partial charge on any atom is 0.168 e. The lowest BCUT2D eigenvalue weighted by Gasteiger charge is -2.13. The molecule has 0 saturated heterocycles. The molecule has 0 bridgehead atoms. The Morgan fingerprint density at radius 1 is 1.50 bits per heavy atom. The molecule has 3 heteroatoms. The van der Waals surface area contributed by atoms with Crippen LogP contribution in [-0.2, 0) is 0 Å². The fraction of sp³-hybridized carbons (Fsp3) is 0.455. The first-order valence-electron chi connectivity index (χ1n) is 4.73. The van der Waals surface area contributed by atoms with Crippen LogP contribution in [0.5, 0.6) is 5.75 Å². The molecule has 0 aliphatic heterocycles. The molecule has 0 fully saturated rings. The van der Waals surface area contributed by atoms with Crippen molar-refractivity contribution in [3.05, 3.63) is 29.6 Å². The molecule has 0 radical (unpaired) electrons. The molecule has 1 aromatic rings. The van der Waals surface area contributed by atoms with Gasteiger partial charge in [-0.2, -0.15) is 0 Å². The molecule has 0 spiro atoms. The summed E-state index contributed by atoms with van der Waals surface area (Å²) in [6.07, 6.45) is 0.782. The molecular formula is C11H16FNO. The predicted octanol–water partition coefficient (Wildman–Crippen LogP) is 2.29. The van der Waals surface area contributed by atoms with Crippen molar-refractivity contribution in [2.24, 2.45) is 5.73 Å². The van der Waals surface area contributed by atoms with E-state index in [1.54, 1.807) is 18.2 Å². The lowest BCUT2D eigenvalue weighted by Crippen LogP contribution is -2.06. The van der Waals surface area contributed by atoms with Crippen LogP contribution in [0, 0.1) is 5.82 Å². The van der Waals surface area contributed by atoms with Gasteiger partial charge in [0.1, 0.15) is 0 Å². The van der Waals surface area contributed by atoms with Crippen molar-refractivity contribution in [2.75, 3.05) is 13.7 Å². The molecular weight excluding hydrogens is 181 g/mol. The Balaban J connectivity index is 2.96. The topological polar surface area (TPSA) is 35.2 Å². The van der Waals surface area contributed by atoms with Gasteiger partial charge in [0.05, 0.1) is 7.11 Å². The molecule has 0 aliphatic carbocycles. The highest BCUT2D eigenvalue weighted by molar-refractivity contribution is 5.32. The zero-order chi connectivity index (χ0) is 10.6. The molecule has 14 heavy (non-hydrogen) atoms. The van der Waals surface area contributed by atoms with Gasteiger partial charge in [0.2, 0.25) is 0 Å². The molecule has 0 saturated carbocycles. The van der Waals surface area contributed by atoms with Crippen molar-refractivity contribution in [3.63, 3.8) is 0 Å². The normalized spacial score (nSPS) is 12.6. The maximum absolute atomic E-state index is 13.7. The summed E-state index contributed by atoms with van der Waals surface area (Å²) in [5, 5.41) is 0. The van der Waals surface area contributed by atoms with Gasteiger partial charge in [0, 0.05) is 0 Å². The van der Waals surface area contributed by atoms with Crippen LogP contribution in [0.1, 0.15) is 24.8 Å². The lowest BCUT2D eigenvalue weighted by atomic mass is 9.97. The first-order valence-corrected chi connectivity index (χ1v) is 4.73. The van der Waals surface area contributed by atoms with Crippen molar-refractivity contribution >= 4 is 0 Å². The Labute approximate surface area is 83.9 Å². The van der Waals surface area contributed by atoms with E-state index in [0.29, 0.717) is 17.9 Å². The van der Waals surface area contributed by atoms with Gasteiger partial charge in [-0.3, -0.25) is 0 Å². The standard InChI is InChI=1S/C11H16FNO/c1-8(6-7-13)9-4-3-5-10(14-2)11(9)12/h3-5,8H,6-7,13H2,1-2H3. The monoisotopic (exact) mass is 197 g/mol. The summed E-state index contributed by atoms with van der Waals surface area (Å²) in [6.45, 7) is 2.53. The number of ether oxygens (including phenoxy) is 1. The summed E-state index contributed by atoms with van der Waals surface area (Å²) in [5.74, 6) is 0.164. The third-order valence-electron chi connectivity index (χ3n) is 2.34. The third-order valence-corrected chi connectivity index (χ3v) is 2.34. The van der Waals surface area contributed by atoms with E-state index in [1.807, 2.05) is 6.92 Å². The third kappa shape index (κ3) is 2.23. The van der Waals surface area contributed by atoms with E-state index in [-0.39, 0.29) is 11.7 Å². The molecule has 1 rings (SSSR count). The van der Waals surface area contributed by atoms with Crippen molar-refractivity contribution in [1.29, 1.82) is 0 Å². The summed E-state index contributed by atoms with van der Waals surface area (Å²) in [4.78, 5) is 0. The second kappa shape index (κ2) is 4.96. The Kier molecular flexibility index (Phi) is 3.89. The predicted molar refractivity (Wildman–Crippen MR) is 55.0 cm³/mol. The van der Waals surface area contributed by atoms with Gasteiger partial charge in [-0.15, -0.1) is 0 Å². The van der Waals surface area contributed by atoms with Crippen LogP contribution >= 0.6 is 0 Å². The van der Waals surface area contributed by atoms with Gasteiger partial charge < -0.3 is 10.5 Å². The van der Waals surface area contributed by atoms with Gasteiger partial charge >= 0.3 is 0 Å². The quantitative estimate of drug-likeness (QED) is 0.803. The zero-order valence-electron chi connectivity index (χ0n) is 8.59. The number of nitrogens with two attached hydrogens (primary N) is 1. The summed E-state index contributed by atoms with van der Waals surface area (Å²) >= 11 is 0. The fourth-order valence-corrected chi connectivity index (χ4v) is 1.47. The van der Waals surface area contributed by atoms with E-state index in [0.717, 1.165) is 6.42 Å². The summed E-state index contributed by atoms with van der Waals surface area (Å²) in [7, 11) is 1.47. The number of benzene rings is 1. The highest BCUT2D eigenvalue weighted by Gasteiger charge is 2.13. The van der Waals surface area contributed by atoms with Crippen molar-refractivity contribution in [2.45, 2.75) is 19.3 Å². The minimum Gasteiger partial charge on any atom is -0.494 e. The van der Waals surface area contributed by atoms with E-state index in [1.165, 1.54) is 7.11 Å². The van der Waals surface area contributed by atoms with E-state index < -0.39 is 0 Å². The lowest BCUT2D eigenvalue weighted by molar-refractivity contribution is 0.382. The second-order valence-corrected chi connectivity index (χ2v) is 3.34. The highest BCUT2D eigenvalue weighted by atomic mass is 19.1. The first-order chi connectivity index (χ1) is 6.70. The Morgan fingerprint density at radius 3 is 2.79 bits per heavy atom. The number of hydrogen-bond acceptors (Lipinski definition) is 2. The van der Waals surface area contributed by atoms with Crippen LogP contribution in [0.4, 0.5) is 4.39 Å². The number of halogens is 1. The second-order valence-electron chi connectivity index (χ2n) is 3.34. The SMILES string of the molecule is COc1cccc(C(C)CCN)c1F. The molecule has 0 heterocycles. The van der Waals surface area contributed by atoms with Crippen molar-refractivity contribution in [1.82, 2.24) is 0 Å². The Hall–Kier alpha value is -1.09. The van der Waals surface area contributed by atoms with E-state index in [9.17, 15) is 4.39 Å². The van der Waals surface area contributed by atoms with Crippen LogP contribution in [-0.4, -0.2) is 13.7 Å². The number of methoxy groups -OCH3 is 1. The molecule has 0 amide bonds. The smallest absolute Gasteiger partial charge is 0.168 e. The summed E-state index contributed by atoms with van der Waals surface area (Å²) in [6, 6.07) is 5.19. The number of rotatable bonds is 4. The van der Waals surface area contributed by atoms with Crippen LogP contribution in [0.2, 0.25) is 0 Å². The molecule has 0 aliphatic rings. The molecule has 1 aromatic carbocycles. The van der Waals surface area contributed by atoms with Gasteiger partial charge in [-0.05, 0) is 30.5 Å². The molecule has 78 valence electrons. The molecule has 2 N–H and O–H groups in total. The Bertz CT molecular complexity index is 301. The van der Waals surface area contributed by atoms with Crippen LogP contribution in [0.15, 0.2) is 18.2 Å². The average molecular weight is 197 g/mol. The maximum atomic E-state index is 13.7. The fourth-order valence-electron chi connectivity index (χ4n) is 1.47. The van der Waals surface area contributed by atoms with E-state index in [4.69, 9.17) is 10.5 Å². The van der Waals surface area contributed by atoms with Crippen LogP contribution in [0.25, 0.3) is 0 Å². The van der Waals surface area contributed by atoms with Gasteiger partial charge in [0.15, 0.2) is 11.6 Å². The van der Waals surface area contributed by atoms with E-state index in [2.05, 4.69) is 0 Å². The molecule has 1 atom stereocenters. The highest BCUT2D eigenvalue weighted by Crippen LogP contribution is 2.27. The van der Waals surface area contributed by atoms with Crippen molar-refractivity contribution < 1.29 is 9.13 Å². The van der Waals surface area contributed by atoms with Crippen LogP contribution < -0.4 is 10.5 Å². The van der Waals surface area contributed by atoms with E-state index >= 15 is 0 Å². The Morgan fingerprint density at radius 2 is 2.21 bits per heavy atom. The van der Waals surface area contributed by atoms with Crippen molar-refractivity contribution in [3.8, 4) is 5.75 Å². The number of hydrogen-bond donors (Lipinski definition) is 1. The average Bonchev–Trinajstić information content (AvgIpc) is 2.18. The molecule has 0 aromatic heterocycles. The minimum atomic E-state index is -0.268. The zero-order valence-corrected chi connectivity index (χ0v) is 8.59. The van der Waals surface area contributed by atoms with Gasteiger partial charge in [-0.1, -0.05) is 19.1 Å². The van der Waals surface area contributed by atoms with Gasteiger partial charge in [0.25, 0.3) is 0 Å². The summed E-state index contributed by atoms with van der Waals surface area (Å²) in [5.41, 5.74) is 6.11. The molecule has 1 unspecified atom stereocenters. The minimum absolute atomic E-state index is 0.134.